The summed E-state index contributed by atoms with van der Waals surface area (Å²) in [6.45, 7) is -0.185. The average molecular weight is 430 g/mol. The fraction of sp³-hybridized carbons (Fsp3) is 0.222. The molecule has 0 aliphatic carbocycles. The maximum absolute atomic E-state index is 13.2. The van der Waals surface area contributed by atoms with E-state index in [-0.39, 0.29) is 24.4 Å². The standard InChI is InChI=1S/C18H13BrClF3N2/c19-15-4-2-1-3-13(15)7-8-17(18(21,22)23)25-11-14-6-5-12(10-24)9-16(14)20/h1-6,9H,7-8,11H2. The Kier molecular flexibility index (Phi) is 6.63. The molecule has 0 unspecified atom stereocenters. The second kappa shape index (κ2) is 8.50. The highest BCUT2D eigenvalue weighted by molar-refractivity contribution is 9.10. The van der Waals surface area contributed by atoms with Crippen molar-refractivity contribution >= 4 is 33.2 Å². The van der Waals surface area contributed by atoms with E-state index in [2.05, 4.69) is 20.9 Å². The number of alkyl halides is 3. The van der Waals surface area contributed by atoms with E-state index in [4.69, 9.17) is 16.9 Å². The lowest BCUT2D eigenvalue weighted by Crippen LogP contribution is -2.24. The largest absolute Gasteiger partial charge is 0.429 e. The van der Waals surface area contributed by atoms with Crippen molar-refractivity contribution in [3.63, 3.8) is 0 Å². The van der Waals surface area contributed by atoms with E-state index in [1.165, 1.54) is 18.2 Å². The van der Waals surface area contributed by atoms with Crippen molar-refractivity contribution < 1.29 is 13.2 Å². The third-order valence-corrected chi connectivity index (χ3v) is 4.66. The maximum atomic E-state index is 13.2. The van der Waals surface area contributed by atoms with E-state index in [0.29, 0.717) is 11.1 Å². The molecule has 25 heavy (non-hydrogen) atoms. The van der Waals surface area contributed by atoms with Crippen LogP contribution in [-0.2, 0) is 13.0 Å². The molecule has 130 valence electrons. The summed E-state index contributed by atoms with van der Waals surface area (Å²) in [5.74, 6) is 0. The highest BCUT2D eigenvalue weighted by Crippen LogP contribution is 2.25. The summed E-state index contributed by atoms with van der Waals surface area (Å²) in [5.41, 5.74) is 0.755. The first-order valence-corrected chi connectivity index (χ1v) is 8.51. The van der Waals surface area contributed by atoms with Gasteiger partial charge in [-0.15, -0.1) is 0 Å². The van der Waals surface area contributed by atoms with Gasteiger partial charge in [0.15, 0.2) is 0 Å². The second-order valence-electron chi connectivity index (χ2n) is 5.27. The number of hydrogen-bond donors (Lipinski definition) is 0. The Morgan fingerprint density at radius 1 is 1.16 bits per heavy atom. The van der Waals surface area contributed by atoms with E-state index >= 15 is 0 Å². The lowest BCUT2D eigenvalue weighted by atomic mass is 10.1. The number of halogens is 5. The van der Waals surface area contributed by atoms with Crippen LogP contribution >= 0.6 is 27.5 Å². The predicted octanol–water partition coefficient (Wildman–Crippen LogP) is 6.11. The number of hydrogen-bond acceptors (Lipinski definition) is 2. The van der Waals surface area contributed by atoms with Crippen LogP contribution in [0.15, 0.2) is 51.9 Å². The van der Waals surface area contributed by atoms with Gasteiger partial charge in [-0.2, -0.15) is 18.4 Å². The van der Waals surface area contributed by atoms with Gasteiger partial charge in [0.25, 0.3) is 0 Å². The summed E-state index contributed by atoms with van der Waals surface area (Å²) < 4.78 is 40.5. The molecule has 0 aliphatic rings. The van der Waals surface area contributed by atoms with Gasteiger partial charge in [0.05, 0.1) is 18.2 Å². The highest BCUT2D eigenvalue weighted by Gasteiger charge is 2.34. The van der Waals surface area contributed by atoms with Crippen LogP contribution in [0.3, 0.4) is 0 Å². The molecule has 7 heteroatoms. The lowest BCUT2D eigenvalue weighted by Gasteiger charge is -2.12. The Balaban J connectivity index is 2.16. The fourth-order valence-electron chi connectivity index (χ4n) is 2.19. The third-order valence-electron chi connectivity index (χ3n) is 3.54. The molecule has 0 fully saturated rings. The predicted molar refractivity (Wildman–Crippen MR) is 95.8 cm³/mol. The summed E-state index contributed by atoms with van der Waals surface area (Å²) in [4.78, 5) is 3.74. The molecule has 0 saturated heterocycles. The minimum atomic E-state index is -4.50. The molecule has 2 aromatic rings. The monoisotopic (exact) mass is 428 g/mol. The molecule has 2 nitrogen and oxygen atoms in total. The quantitative estimate of drug-likeness (QED) is 0.528. The van der Waals surface area contributed by atoms with Gasteiger partial charge in [-0.05, 0) is 42.2 Å². The van der Waals surface area contributed by atoms with Gasteiger partial charge in [0.1, 0.15) is 5.71 Å². The molecular formula is C18H13BrClF3N2. The normalized spacial score (nSPS) is 12.1. The molecular weight excluding hydrogens is 417 g/mol. The Hall–Kier alpha value is -1.84. The summed E-state index contributed by atoms with van der Waals surface area (Å²) in [5, 5.41) is 9.02. The number of aliphatic imine (C=N–C) groups is 1. The van der Waals surface area contributed by atoms with Gasteiger partial charge >= 0.3 is 6.18 Å². The van der Waals surface area contributed by atoms with Gasteiger partial charge in [-0.25, -0.2) is 0 Å². The Morgan fingerprint density at radius 2 is 1.88 bits per heavy atom. The molecule has 0 atom stereocenters. The molecule has 0 saturated carbocycles. The van der Waals surface area contributed by atoms with Crippen molar-refractivity contribution in [2.75, 3.05) is 0 Å². The Morgan fingerprint density at radius 3 is 2.48 bits per heavy atom. The average Bonchev–Trinajstić information content (AvgIpc) is 2.56. The maximum Gasteiger partial charge on any atom is 0.429 e. The van der Waals surface area contributed by atoms with Gasteiger partial charge < -0.3 is 0 Å². The molecule has 0 radical (unpaired) electrons. The van der Waals surface area contributed by atoms with Gasteiger partial charge in [-0.1, -0.05) is 51.8 Å². The molecule has 0 amide bonds. The summed E-state index contributed by atoms with van der Waals surface area (Å²) >= 11 is 9.32. The number of benzene rings is 2. The smallest absolute Gasteiger partial charge is 0.280 e. The van der Waals surface area contributed by atoms with E-state index < -0.39 is 11.9 Å². The minimum Gasteiger partial charge on any atom is -0.280 e. The number of nitriles is 1. The van der Waals surface area contributed by atoms with Crippen molar-refractivity contribution in [1.29, 1.82) is 5.26 Å². The first-order valence-electron chi connectivity index (χ1n) is 7.33. The molecule has 0 aromatic heterocycles. The van der Waals surface area contributed by atoms with Crippen LogP contribution in [-0.4, -0.2) is 11.9 Å². The molecule has 0 heterocycles. The Bertz CT molecular complexity index is 826. The highest BCUT2D eigenvalue weighted by atomic mass is 79.9. The van der Waals surface area contributed by atoms with Crippen molar-refractivity contribution in [2.45, 2.75) is 25.6 Å². The van der Waals surface area contributed by atoms with E-state index in [1.54, 1.807) is 24.3 Å². The first-order chi connectivity index (χ1) is 11.8. The van der Waals surface area contributed by atoms with Gasteiger partial charge in [0, 0.05) is 9.50 Å². The zero-order valence-corrected chi connectivity index (χ0v) is 15.3. The number of nitrogens with zero attached hydrogens (tertiary/aromatic N) is 2. The summed E-state index contributed by atoms with van der Waals surface area (Å²) in [6.07, 6.45) is -4.50. The van der Waals surface area contributed by atoms with Crippen LogP contribution in [0.1, 0.15) is 23.1 Å². The van der Waals surface area contributed by atoms with Crippen LogP contribution in [0, 0.1) is 11.3 Å². The van der Waals surface area contributed by atoms with Gasteiger partial charge in [0.2, 0.25) is 0 Å². The van der Waals surface area contributed by atoms with Gasteiger partial charge in [-0.3, -0.25) is 4.99 Å². The molecule has 0 bridgehead atoms. The molecule has 0 aliphatic heterocycles. The molecule has 0 N–H and O–H groups in total. The molecule has 2 aromatic carbocycles. The SMILES string of the molecule is N#Cc1ccc(CN=C(CCc2ccccc2Br)C(F)(F)F)c(Cl)c1. The first kappa shape index (κ1) is 19.5. The third kappa shape index (κ3) is 5.58. The number of aryl methyl sites for hydroxylation is 1. The fourth-order valence-corrected chi connectivity index (χ4v) is 2.91. The second-order valence-corrected chi connectivity index (χ2v) is 6.53. The van der Waals surface area contributed by atoms with Crippen molar-refractivity contribution in [2.24, 2.45) is 4.99 Å². The number of rotatable bonds is 5. The molecule has 0 spiro atoms. The van der Waals surface area contributed by atoms with Crippen LogP contribution in [0.2, 0.25) is 5.02 Å². The van der Waals surface area contributed by atoms with Crippen LogP contribution in [0.4, 0.5) is 13.2 Å². The van der Waals surface area contributed by atoms with Crippen LogP contribution < -0.4 is 0 Å². The zero-order chi connectivity index (χ0) is 18.4. The lowest BCUT2D eigenvalue weighted by molar-refractivity contribution is -0.0607. The molecule has 2 rings (SSSR count). The Labute approximate surface area is 157 Å². The van der Waals surface area contributed by atoms with Crippen molar-refractivity contribution in [3.8, 4) is 6.07 Å². The van der Waals surface area contributed by atoms with Crippen molar-refractivity contribution in [3.05, 3.63) is 68.7 Å². The van der Waals surface area contributed by atoms with E-state index in [0.717, 1.165) is 10.0 Å². The zero-order valence-electron chi connectivity index (χ0n) is 12.9. The van der Waals surface area contributed by atoms with Crippen LogP contribution in [0.5, 0.6) is 0 Å². The van der Waals surface area contributed by atoms with Crippen molar-refractivity contribution in [1.82, 2.24) is 0 Å². The minimum absolute atomic E-state index is 0.185. The van der Waals surface area contributed by atoms with E-state index in [1.807, 2.05) is 6.07 Å². The summed E-state index contributed by atoms with van der Waals surface area (Å²) in [6, 6.07) is 13.5. The topological polar surface area (TPSA) is 36.1 Å². The van der Waals surface area contributed by atoms with Crippen LogP contribution in [0.25, 0.3) is 0 Å². The van der Waals surface area contributed by atoms with E-state index in [9.17, 15) is 13.2 Å². The summed E-state index contributed by atoms with van der Waals surface area (Å²) in [7, 11) is 0.